The Balaban J connectivity index is 1.44. The van der Waals surface area contributed by atoms with E-state index in [0.717, 1.165) is 28.3 Å². The van der Waals surface area contributed by atoms with Gasteiger partial charge in [-0.2, -0.15) is 0 Å². The van der Waals surface area contributed by atoms with Crippen LogP contribution in [0.2, 0.25) is 0 Å². The maximum Gasteiger partial charge on any atom is 0.319 e. The molecule has 7 nitrogen and oxygen atoms in total. The predicted octanol–water partition coefficient (Wildman–Crippen LogP) is 3.01. The highest BCUT2D eigenvalue weighted by atomic mass is 16.5. The van der Waals surface area contributed by atoms with Crippen molar-refractivity contribution in [1.29, 1.82) is 0 Å². The van der Waals surface area contributed by atoms with Crippen molar-refractivity contribution < 1.29 is 9.53 Å². The number of carbonyl (C=O) groups excluding carboxylic acids is 1. The first-order valence-corrected chi connectivity index (χ1v) is 8.76. The maximum atomic E-state index is 11.9. The summed E-state index contributed by atoms with van der Waals surface area (Å²) in [6, 6.07) is 15.3. The highest BCUT2D eigenvalue weighted by Gasteiger charge is 2.05. The Bertz CT molecular complexity index is 889. The van der Waals surface area contributed by atoms with Gasteiger partial charge in [-0.25, -0.2) is 4.79 Å². The number of rotatable bonds is 7. The van der Waals surface area contributed by atoms with Gasteiger partial charge in [-0.3, -0.25) is 4.68 Å². The van der Waals surface area contributed by atoms with Gasteiger partial charge in [0.2, 0.25) is 0 Å². The van der Waals surface area contributed by atoms with Crippen molar-refractivity contribution in [3.8, 4) is 5.75 Å². The SMILES string of the molecule is COc1ccc(Cc2cn(CCNC(=O)Nc3cccc(C)c3)nn2)cc1. The molecular weight excluding hydrogens is 342 g/mol. The molecule has 7 heteroatoms. The van der Waals surface area contributed by atoms with Gasteiger partial charge in [0, 0.05) is 24.8 Å². The van der Waals surface area contributed by atoms with Crippen LogP contribution in [-0.2, 0) is 13.0 Å². The summed E-state index contributed by atoms with van der Waals surface area (Å²) in [5.41, 5.74) is 3.89. The van der Waals surface area contributed by atoms with E-state index in [9.17, 15) is 4.79 Å². The van der Waals surface area contributed by atoms with Gasteiger partial charge in [0.25, 0.3) is 0 Å². The number of nitrogens with zero attached hydrogens (tertiary/aromatic N) is 3. The Hall–Kier alpha value is -3.35. The van der Waals surface area contributed by atoms with E-state index >= 15 is 0 Å². The van der Waals surface area contributed by atoms with E-state index in [1.54, 1.807) is 11.8 Å². The lowest BCUT2D eigenvalue weighted by atomic mass is 10.1. The third-order valence-corrected chi connectivity index (χ3v) is 4.03. The monoisotopic (exact) mass is 365 g/mol. The minimum absolute atomic E-state index is 0.237. The van der Waals surface area contributed by atoms with Crippen molar-refractivity contribution in [2.75, 3.05) is 19.0 Å². The number of urea groups is 1. The van der Waals surface area contributed by atoms with Crippen LogP contribution >= 0.6 is 0 Å². The van der Waals surface area contributed by atoms with Crippen LogP contribution in [0.4, 0.5) is 10.5 Å². The third kappa shape index (κ3) is 5.57. The van der Waals surface area contributed by atoms with Crippen LogP contribution in [0, 0.1) is 6.92 Å². The van der Waals surface area contributed by atoms with E-state index in [1.807, 2.05) is 61.7 Å². The Kier molecular flexibility index (Phi) is 6.04. The molecule has 3 aromatic rings. The number of amides is 2. The topological polar surface area (TPSA) is 81.1 Å². The first-order valence-electron chi connectivity index (χ1n) is 8.76. The minimum atomic E-state index is -0.237. The van der Waals surface area contributed by atoms with Crippen molar-refractivity contribution >= 4 is 11.7 Å². The number of hydrogen-bond acceptors (Lipinski definition) is 4. The Morgan fingerprint density at radius 1 is 1.19 bits per heavy atom. The number of methoxy groups -OCH3 is 1. The first kappa shape index (κ1) is 18.4. The molecule has 140 valence electrons. The molecule has 0 aliphatic carbocycles. The van der Waals surface area contributed by atoms with Gasteiger partial charge in [-0.1, -0.05) is 29.5 Å². The number of nitrogens with one attached hydrogen (secondary N) is 2. The summed E-state index contributed by atoms with van der Waals surface area (Å²) >= 11 is 0. The molecule has 2 amide bonds. The summed E-state index contributed by atoms with van der Waals surface area (Å²) in [5, 5.41) is 13.9. The second-order valence-electron chi connectivity index (χ2n) is 6.25. The van der Waals surface area contributed by atoms with Crippen LogP contribution in [0.15, 0.2) is 54.7 Å². The van der Waals surface area contributed by atoms with Crippen LogP contribution in [0.1, 0.15) is 16.8 Å². The molecule has 3 rings (SSSR count). The second kappa shape index (κ2) is 8.84. The molecule has 0 unspecified atom stereocenters. The first-order chi connectivity index (χ1) is 13.1. The van der Waals surface area contributed by atoms with Crippen molar-refractivity contribution in [2.45, 2.75) is 19.9 Å². The molecule has 0 saturated heterocycles. The molecule has 1 aromatic heterocycles. The van der Waals surface area contributed by atoms with Crippen molar-refractivity contribution in [3.63, 3.8) is 0 Å². The van der Waals surface area contributed by atoms with Gasteiger partial charge in [-0.15, -0.1) is 5.10 Å². The van der Waals surface area contributed by atoms with Gasteiger partial charge in [-0.05, 0) is 42.3 Å². The lowest BCUT2D eigenvalue weighted by Gasteiger charge is -2.08. The largest absolute Gasteiger partial charge is 0.497 e. The molecule has 2 N–H and O–H groups in total. The van der Waals surface area contributed by atoms with Crippen molar-refractivity contribution in [2.24, 2.45) is 0 Å². The zero-order valence-corrected chi connectivity index (χ0v) is 15.5. The predicted molar refractivity (Wildman–Crippen MR) is 104 cm³/mol. The fraction of sp³-hybridized carbons (Fsp3) is 0.250. The van der Waals surface area contributed by atoms with E-state index in [1.165, 1.54) is 0 Å². The third-order valence-electron chi connectivity index (χ3n) is 4.03. The summed E-state index contributed by atoms with van der Waals surface area (Å²) in [4.78, 5) is 11.9. The average molecular weight is 365 g/mol. The molecule has 0 radical (unpaired) electrons. The lowest BCUT2D eigenvalue weighted by molar-refractivity contribution is 0.251. The van der Waals surface area contributed by atoms with Crippen molar-refractivity contribution in [3.05, 3.63) is 71.5 Å². The van der Waals surface area contributed by atoms with Gasteiger partial charge < -0.3 is 15.4 Å². The number of benzene rings is 2. The van der Waals surface area contributed by atoms with Crippen LogP contribution in [0.3, 0.4) is 0 Å². The fourth-order valence-corrected chi connectivity index (χ4v) is 2.66. The normalized spacial score (nSPS) is 10.4. The average Bonchev–Trinajstić information content (AvgIpc) is 3.09. The van der Waals surface area contributed by atoms with E-state index in [0.29, 0.717) is 19.5 Å². The molecule has 0 atom stereocenters. The van der Waals surface area contributed by atoms with Crippen LogP contribution in [-0.4, -0.2) is 34.7 Å². The van der Waals surface area contributed by atoms with E-state index in [-0.39, 0.29) is 6.03 Å². The zero-order valence-electron chi connectivity index (χ0n) is 15.5. The molecule has 0 bridgehead atoms. The number of aryl methyl sites for hydroxylation is 1. The van der Waals surface area contributed by atoms with Crippen LogP contribution in [0.25, 0.3) is 0 Å². The highest BCUT2D eigenvalue weighted by molar-refractivity contribution is 5.89. The van der Waals surface area contributed by atoms with Gasteiger partial charge in [0.1, 0.15) is 5.75 Å². The number of aromatic nitrogens is 3. The van der Waals surface area contributed by atoms with Crippen LogP contribution in [0.5, 0.6) is 5.75 Å². The number of anilines is 1. The molecule has 0 fully saturated rings. The number of carbonyl (C=O) groups is 1. The van der Waals surface area contributed by atoms with E-state index in [2.05, 4.69) is 20.9 Å². The Morgan fingerprint density at radius 3 is 2.74 bits per heavy atom. The van der Waals surface area contributed by atoms with Crippen molar-refractivity contribution in [1.82, 2.24) is 20.3 Å². The quantitative estimate of drug-likeness (QED) is 0.674. The summed E-state index contributed by atoms with van der Waals surface area (Å²) in [7, 11) is 1.65. The standard InChI is InChI=1S/C20H23N5O2/c1-15-4-3-5-17(12-15)22-20(26)21-10-11-25-14-18(23-24-25)13-16-6-8-19(27-2)9-7-16/h3-9,12,14H,10-11,13H2,1-2H3,(H2,21,22,26). The summed E-state index contributed by atoms with van der Waals surface area (Å²) in [6.45, 7) is 3.00. The zero-order chi connectivity index (χ0) is 19.1. The van der Waals surface area contributed by atoms with Crippen LogP contribution < -0.4 is 15.4 Å². The molecule has 1 heterocycles. The second-order valence-corrected chi connectivity index (χ2v) is 6.25. The van der Waals surface area contributed by atoms with E-state index in [4.69, 9.17) is 4.74 Å². The summed E-state index contributed by atoms with van der Waals surface area (Å²) in [5.74, 6) is 0.831. The number of hydrogen-bond donors (Lipinski definition) is 2. The number of ether oxygens (including phenoxy) is 1. The van der Waals surface area contributed by atoms with Gasteiger partial charge in [0.15, 0.2) is 0 Å². The molecule has 0 aliphatic rings. The molecule has 27 heavy (non-hydrogen) atoms. The summed E-state index contributed by atoms with van der Waals surface area (Å²) < 4.78 is 6.89. The molecule has 2 aromatic carbocycles. The Morgan fingerprint density at radius 2 is 2.00 bits per heavy atom. The molecule has 0 saturated carbocycles. The summed E-state index contributed by atoms with van der Waals surface area (Å²) in [6.07, 6.45) is 2.59. The Labute approximate surface area is 158 Å². The fourth-order valence-electron chi connectivity index (χ4n) is 2.66. The molecular formula is C20H23N5O2. The lowest BCUT2D eigenvalue weighted by Crippen LogP contribution is -2.31. The molecule has 0 spiro atoms. The minimum Gasteiger partial charge on any atom is -0.497 e. The maximum absolute atomic E-state index is 11.9. The van der Waals surface area contributed by atoms with Gasteiger partial charge >= 0.3 is 6.03 Å². The highest BCUT2D eigenvalue weighted by Crippen LogP contribution is 2.13. The van der Waals surface area contributed by atoms with Gasteiger partial charge in [0.05, 0.1) is 19.3 Å². The molecule has 0 aliphatic heterocycles. The smallest absolute Gasteiger partial charge is 0.319 e. The van der Waals surface area contributed by atoms with E-state index < -0.39 is 0 Å².